The molecule has 11 heteroatoms. The zero-order chi connectivity index (χ0) is 19.1. The summed E-state index contributed by atoms with van der Waals surface area (Å²) in [6.45, 7) is -3.10. The van der Waals surface area contributed by atoms with Crippen molar-refractivity contribution in [1.29, 1.82) is 0 Å². The Kier molecular flexibility index (Phi) is 4.22. The van der Waals surface area contributed by atoms with Crippen LogP contribution in [0.3, 0.4) is 0 Å². The van der Waals surface area contributed by atoms with E-state index in [4.69, 9.17) is 5.11 Å². The summed E-state index contributed by atoms with van der Waals surface area (Å²) in [7, 11) is 0. The van der Waals surface area contributed by atoms with Gasteiger partial charge in [0.15, 0.2) is 17.0 Å². The maximum Gasteiger partial charge on any atom is 0.433 e. The van der Waals surface area contributed by atoms with E-state index in [1.54, 1.807) is 0 Å². The first-order chi connectivity index (χ1) is 12.1. The lowest BCUT2D eigenvalue weighted by Crippen LogP contribution is -2.14. The molecule has 3 aromatic rings. The van der Waals surface area contributed by atoms with Crippen molar-refractivity contribution in [2.75, 3.05) is 0 Å². The molecule has 0 unspecified atom stereocenters. The molecule has 0 bridgehead atoms. The standard InChI is InChI=1S/C15H8F5N3O3/c16-14(17)26-8-3-1-2-7(4-8)9-5-11(15(18,19)20)23-12(21-9)6-10(22-23)13(24)25/h1-6,14H,(H,24,25). The summed E-state index contributed by atoms with van der Waals surface area (Å²) >= 11 is 0. The molecule has 26 heavy (non-hydrogen) atoms. The predicted molar refractivity (Wildman–Crippen MR) is 77.0 cm³/mol. The van der Waals surface area contributed by atoms with Gasteiger partial charge in [0.05, 0.1) is 5.69 Å². The molecule has 6 nitrogen and oxygen atoms in total. The van der Waals surface area contributed by atoms with Gasteiger partial charge in [-0.05, 0) is 18.2 Å². The molecule has 2 heterocycles. The Hall–Kier alpha value is -3.24. The number of carboxylic acids is 1. The number of hydrogen-bond donors (Lipinski definition) is 1. The molecule has 2 aromatic heterocycles. The maximum absolute atomic E-state index is 13.3. The number of alkyl halides is 5. The number of carboxylic acid groups (broad SMARTS) is 1. The van der Waals surface area contributed by atoms with Crippen molar-refractivity contribution in [2.45, 2.75) is 12.8 Å². The summed E-state index contributed by atoms with van der Waals surface area (Å²) in [6.07, 6.45) is -4.85. The van der Waals surface area contributed by atoms with E-state index in [0.717, 1.165) is 12.1 Å². The van der Waals surface area contributed by atoms with Crippen LogP contribution < -0.4 is 4.74 Å². The first-order valence-corrected chi connectivity index (χ1v) is 6.92. The van der Waals surface area contributed by atoms with Gasteiger partial charge in [-0.25, -0.2) is 14.3 Å². The second-order valence-corrected chi connectivity index (χ2v) is 5.04. The van der Waals surface area contributed by atoms with Crippen molar-refractivity contribution in [3.8, 4) is 17.0 Å². The van der Waals surface area contributed by atoms with Gasteiger partial charge in [0, 0.05) is 11.6 Å². The molecular weight excluding hydrogens is 365 g/mol. The molecule has 0 aliphatic heterocycles. The Morgan fingerprint density at radius 3 is 2.54 bits per heavy atom. The Bertz CT molecular complexity index is 984. The van der Waals surface area contributed by atoms with Crippen LogP contribution in [0.4, 0.5) is 22.0 Å². The number of carbonyl (C=O) groups is 1. The number of fused-ring (bicyclic) bond motifs is 1. The third-order valence-electron chi connectivity index (χ3n) is 3.29. The highest BCUT2D eigenvalue weighted by Gasteiger charge is 2.35. The molecule has 1 aromatic carbocycles. The van der Waals surface area contributed by atoms with Gasteiger partial charge in [-0.1, -0.05) is 12.1 Å². The van der Waals surface area contributed by atoms with E-state index in [-0.39, 0.29) is 22.7 Å². The van der Waals surface area contributed by atoms with Crippen LogP contribution in [0.5, 0.6) is 5.75 Å². The summed E-state index contributed by atoms with van der Waals surface area (Å²) in [4.78, 5) is 14.9. The summed E-state index contributed by atoms with van der Waals surface area (Å²) in [5.41, 5.74) is -2.36. The van der Waals surface area contributed by atoms with Crippen LogP contribution >= 0.6 is 0 Å². The lowest BCUT2D eigenvalue weighted by molar-refractivity contribution is -0.142. The van der Waals surface area contributed by atoms with Crippen molar-refractivity contribution in [3.05, 3.63) is 47.8 Å². The Balaban J connectivity index is 2.19. The smallest absolute Gasteiger partial charge is 0.433 e. The quantitative estimate of drug-likeness (QED) is 0.706. The third kappa shape index (κ3) is 3.41. The fraction of sp³-hybridized carbons (Fsp3) is 0.133. The number of ether oxygens (including phenoxy) is 1. The van der Waals surface area contributed by atoms with Gasteiger partial charge in [0.25, 0.3) is 0 Å². The van der Waals surface area contributed by atoms with Crippen LogP contribution in [0.25, 0.3) is 16.9 Å². The number of hydrogen-bond acceptors (Lipinski definition) is 4. The van der Waals surface area contributed by atoms with Gasteiger partial charge < -0.3 is 9.84 Å². The van der Waals surface area contributed by atoms with Crippen LogP contribution in [-0.2, 0) is 6.18 Å². The van der Waals surface area contributed by atoms with Gasteiger partial charge in [0.2, 0.25) is 0 Å². The van der Waals surface area contributed by atoms with Crippen LogP contribution in [0.1, 0.15) is 16.2 Å². The predicted octanol–water partition coefficient (Wildman–Crippen LogP) is 3.71. The van der Waals surface area contributed by atoms with Gasteiger partial charge in [-0.3, -0.25) is 0 Å². The third-order valence-corrected chi connectivity index (χ3v) is 3.29. The van der Waals surface area contributed by atoms with E-state index < -0.39 is 30.1 Å². The zero-order valence-electron chi connectivity index (χ0n) is 12.5. The largest absolute Gasteiger partial charge is 0.476 e. The molecule has 0 aliphatic rings. The van der Waals surface area contributed by atoms with E-state index in [2.05, 4.69) is 14.8 Å². The molecule has 136 valence electrons. The van der Waals surface area contributed by atoms with Gasteiger partial charge in [-0.2, -0.15) is 27.1 Å². The van der Waals surface area contributed by atoms with Crippen molar-refractivity contribution in [2.24, 2.45) is 0 Å². The molecule has 0 radical (unpaired) electrons. The molecule has 0 aliphatic carbocycles. The van der Waals surface area contributed by atoms with E-state index in [1.165, 1.54) is 18.2 Å². The Labute approximate surface area is 141 Å². The zero-order valence-corrected chi connectivity index (χ0v) is 12.5. The van der Waals surface area contributed by atoms with E-state index in [0.29, 0.717) is 10.6 Å². The van der Waals surface area contributed by atoms with Gasteiger partial charge in [0.1, 0.15) is 5.75 Å². The fourth-order valence-electron chi connectivity index (χ4n) is 2.26. The van der Waals surface area contributed by atoms with Crippen LogP contribution in [0, 0.1) is 0 Å². The molecule has 0 spiro atoms. The van der Waals surface area contributed by atoms with Crippen molar-refractivity contribution >= 4 is 11.6 Å². The van der Waals surface area contributed by atoms with Crippen molar-refractivity contribution in [1.82, 2.24) is 14.6 Å². The molecular formula is C15H8F5N3O3. The average Bonchev–Trinajstić information content (AvgIpc) is 2.96. The Morgan fingerprint density at radius 1 is 1.19 bits per heavy atom. The second kappa shape index (κ2) is 6.24. The minimum atomic E-state index is -4.85. The molecule has 3 rings (SSSR count). The first kappa shape index (κ1) is 17.6. The number of halogens is 5. The topological polar surface area (TPSA) is 76.7 Å². The van der Waals surface area contributed by atoms with E-state index in [1.807, 2.05) is 0 Å². The minimum absolute atomic E-state index is 0.0780. The fourth-order valence-corrected chi connectivity index (χ4v) is 2.26. The van der Waals surface area contributed by atoms with E-state index >= 15 is 0 Å². The molecule has 1 N–H and O–H groups in total. The summed E-state index contributed by atoms with van der Waals surface area (Å²) in [6, 6.07) is 6.49. The Morgan fingerprint density at radius 2 is 1.92 bits per heavy atom. The van der Waals surface area contributed by atoms with E-state index in [9.17, 15) is 26.7 Å². The SMILES string of the molecule is O=C(O)c1cc2nc(-c3cccc(OC(F)F)c3)cc(C(F)(F)F)n2n1. The summed E-state index contributed by atoms with van der Waals surface area (Å²) < 4.78 is 69.1. The molecule has 0 amide bonds. The molecule has 0 fully saturated rings. The average molecular weight is 373 g/mol. The number of aromatic carboxylic acids is 1. The lowest BCUT2D eigenvalue weighted by atomic mass is 10.1. The lowest BCUT2D eigenvalue weighted by Gasteiger charge is -2.11. The highest BCUT2D eigenvalue weighted by molar-refractivity contribution is 5.86. The second-order valence-electron chi connectivity index (χ2n) is 5.04. The molecule has 0 atom stereocenters. The monoisotopic (exact) mass is 373 g/mol. The minimum Gasteiger partial charge on any atom is -0.476 e. The first-order valence-electron chi connectivity index (χ1n) is 6.92. The highest BCUT2D eigenvalue weighted by Crippen LogP contribution is 2.33. The molecule has 0 saturated heterocycles. The summed E-state index contributed by atoms with van der Waals surface area (Å²) in [5.74, 6) is -1.77. The van der Waals surface area contributed by atoms with Gasteiger partial charge >= 0.3 is 18.8 Å². The number of rotatable bonds is 4. The van der Waals surface area contributed by atoms with Gasteiger partial charge in [-0.15, -0.1) is 0 Å². The normalized spacial score (nSPS) is 11.9. The number of nitrogens with zero attached hydrogens (tertiary/aromatic N) is 3. The van der Waals surface area contributed by atoms with Crippen LogP contribution in [-0.4, -0.2) is 32.3 Å². The van der Waals surface area contributed by atoms with Crippen LogP contribution in [0.2, 0.25) is 0 Å². The van der Waals surface area contributed by atoms with Crippen LogP contribution in [0.15, 0.2) is 36.4 Å². The summed E-state index contributed by atoms with van der Waals surface area (Å²) in [5, 5.41) is 12.3. The molecule has 0 saturated carbocycles. The number of benzene rings is 1. The number of aromatic nitrogens is 3. The van der Waals surface area contributed by atoms with Crippen molar-refractivity contribution < 1.29 is 36.6 Å². The highest BCUT2D eigenvalue weighted by atomic mass is 19.4. The van der Waals surface area contributed by atoms with Crippen molar-refractivity contribution in [3.63, 3.8) is 0 Å². The maximum atomic E-state index is 13.3.